The van der Waals surface area contributed by atoms with Gasteiger partial charge in [0.15, 0.2) is 0 Å². The minimum atomic E-state index is -1.10. The van der Waals surface area contributed by atoms with Crippen molar-refractivity contribution in [3.05, 3.63) is 0 Å². The van der Waals surface area contributed by atoms with Crippen LogP contribution in [0.15, 0.2) is 0 Å². The zero-order valence-corrected chi connectivity index (χ0v) is 12.8. The Morgan fingerprint density at radius 1 is 0.950 bits per heavy atom. The Morgan fingerprint density at radius 2 is 1.45 bits per heavy atom. The maximum atomic E-state index is 12.2. The van der Waals surface area contributed by atoms with Crippen molar-refractivity contribution in [1.29, 1.82) is 0 Å². The Kier molecular flexibility index (Phi) is 7.24. The molecule has 0 aromatic carbocycles. The third-order valence-electron chi connectivity index (χ3n) is 3.02. The predicted octanol–water partition coefficient (Wildman–Crippen LogP) is 1.69. The van der Waals surface area contributed by atoms with Crippen molar-refractivity contribution < 1.29 is 24.6 Å². The average Bonchev–Trinajstić information content (AvgIpc) is 2.25. The number of carbonyl (C=O) groups is 3. The smallest absolute Gasteiger partial charge is 0.326 e. The van der Waals surface area contributed by atoms with E-state index in [-0.39, 0.29) is 30.7 Å². The molecule has 2 N–H and O–H groups in total. The second kappa shape index (κ2) is 7.87. The Labute approximate surface area is 119 Å². The monoisotopic (exact) mass is 287 g/mol. The van der Waals surface area contributed by atoms with Crippen LogP contribution >= 0.6 is 0 Å². The van der Waals surface area contributed by atoms with Crippen LogP contribution in [0.3, 0.4) is 0 Å². The van der Waals surface area contributed by atoms with Crippen molar-refractivity contribution in [1.82, 2.24) is 4.90 Å². The first-order chi connectivity index (χ1) is 9.07. The molecule has 0 spiro atoms. The van der Waals surface area contributed by atoms with Gasteiger partial charge in [-0.1, -0.05) is 34.6 Å². The zero-order valence-electron chi connectivity index (χ0n) is 12.8. The van der Waals surface area contributed by atoms with Gasteiger partial charge < -0.3 is 15.1 Å². The summed E-state index contributed by atoms with van der Waals surface area (Å²) in [6, 6.07) is -0.997. The molecule has 0 aliphatic heterocycles. The van der Waals surface area contributed by atoms with Crippen LogP contribution in [0.5, 0.6) is 0 Å². The Bertz CT molecular complexity index is 365. The van der Waals surface area contributed by atoms with Gasteiger partial charge in [-0.2, -0.15) is 0 Å². The van der Waals surface area contributed by atoms with E-state index in [0.717, 1.165) is 0 Å². The van der Waals surface area contributed by atoms with Crippen LogP contribution in [0.2, 0.25) is 0 Å². The fraction of sp³-hybridized carbons (Fsp3) is 0.786. The number of rotatable bonds is 8. The van der Waals surface area contributed by atoms with Gasteiger partial charge in [0.1, 0.15) is 6.04 Å². The van der Waals surface area contributed by atoms with Gasteiger partial charge in [0.25, 0.3) is 0 Å². The molecule has 0 saturated carbocycles. The van der Waals surface area contributed by atoms with Gasteiger partial charge in [-0.25, -0.2) is 4.79 Å². The van der Waals surface area contributed by atoms with E-state index in [2.05, 4.69) is 0 Å². The van der Waals surface area contributed by atoms with E-state index in [9.17, 15) is 19.5 Å². The topological polar surface area (TPSA) is 94.9 Å². The summed E-state index contributed by atoms with van der Waals surface area (Å²) in [5.74, 6) is -3.45. The summed E-state index contributed by atoms with van der Waals surface area (Å²) in [5, 5.41) is 18.3. The molecule has 20 heavy (non-hydrogen) atoms. The summed E-state index contributed by atoms with van der Waals surface area (Å²) in [5.41, 5.74) is 0. The van der Waals surface area contributed by atoms with Crippen molar-refractivity contribution in [3.63, 3.8) is 0 Å². The lowest BCUT2D eigenvalue weighted by molar-refractivity contribution is -0.155. The lowest BCUT2D eigenvalue weighted by atomic mass is 9.99. The second-order valence-corrected chi connectivity index (χ2v) is 5.91. The average molecular weight is 287 g/mol. The summed E-state index contributed by atoms with van der Waals surface area (Å²) in [7, 11) is 0. The van der Waals surface area contributed by atoms with Crippen LogP contribution in [0, 0.1) is 17.8 Å². The highest BCUT2D eigenvalue weighted by Crippen LogP contribution is 2.17. The van der Waals surface area contributed by atoms with E-state index in [4.69, 9.17) is 5.11 Å². The molecular formula is C14H25NO5. The largest absolute Gasteiger partial charge is 0.481 e. The fourth-order valence-corrected chi connectivity index (χ4v) is 1.99. The zero-order chi connectivity index (χ0) is 16.0. The Hall–Kier alpha value is -1.59. The molecule has 0 aromatic heterocycles. The van der Waals surface area contributed by atoms with Gasteiger partial charge in [-0.3, -0.25) is 9.59 Å². The highest BCUT2D eigenvalue weighted by molar-refractivity contribution is 5.84. The van der Waals surface area contributed by atoms with Crippen LogP contribution in [0.4, 0.5) is 0 Å². The molecule has 6 nitrogen and oxygen atoms in total. The van der Waals surface area contributed by atoms with E-state index >= 15 is 0 Å². The van der Waals surface area contributed by atoms with E-state index < -0.39 is 23.9 Å². The first kappa shape index (κ1) is 18.4. The van der Waals surface area contributed by atoms with Gasteiger partial charge in [0, 0.05) is 13.0 Å². The summed E-state index contributed by atoms with van der Waals surface area (Å²) < 4.78 is 0. The number of amides is 1. The van der Waals surface area contributed by atoms with Gasteiger partial charge in [-0.05, 0) is 11.8 Å². The molecule has 0 rings (SSSR count). The fourth-order valence-electron chi connectivity index (χ4n) is 1.99. The quantitative estimate of drug-likeness (QED) is 0.708. The van der Waals surface area contributed by atoms with E-state index in [1.807, 2.05) is 13.8 Å². The van der Waals surface area contributed by atoms with Crippen LogP contribution in [-0.4, -0.2) is 45.5 Å². The SMILES string of the molecule is CC(C)CC(=O)N(CC(C)C(=O)O)C(C(=O)O)C(C)C. The molecule has 0 aliphatic rings. The molecule has 0 saturated heterocycles. The predicted molar refractivity (Wildman–Crippen MR) is 74.2 cm³/mol. The van der Waals surface area contributed by atoms with E-state index in [0.29, 0.717) is 0 Å². The molecule has 0 radical (unpaired) electrons. The third-order valence-corrected chi connectivity index (χ3v) is 3.02. The minimum absolute atomic E-state index is 0.0873. The summed E-state index contributed by atoms with van der Waals surface area (Å²) in [4.78, 5) is 35.8. The molecular weight excluding hydrogens is 262 g/mol. The highest BCUT2D eigenvalue weighted by Gasteiger charge is 2.34. The molecule has 0 fully saturated rings. The number of carboxylic acids is 2. The molecule has 0 aliphatic carbocycles. The lowest BCUT2D eigenvalue weighted by Crippen LogP contribution is -2.50. The van der Waals surface area contributed by atoms with Crippen molar-refractivity contribution in [2.24, 2.45) is 17.8 Å². The molecule has 0 aromatic rings. The number of carboxylic acid groups (broad SMARTS) is 2. The molecule has 2 unspecified atom stereocenters. The summed E-state index contributed by atoms with van der Waals surface area (Å²) >= 11 is 0. The van der Waals surface area contributed by atoms with Crippen LogP contribution in [-0.2, 0) is 14.4 Å². The molecule has 0 bridgehead atoms. The van der Waals surface area contributed by atoms with E-state index in [1.54, 1.807) is 13.8 Å². The normalized spacial score (nSPS) is 14.2. The summed E-state index contributed by atoms with van der Waals surface area (Å²) in [6.45, 7) is 8.52. The minimum Gasteiger partial charge on any atom is -0.481 e. The molecule has 2 atom stereocenters. The Morgan fingerprint density at radius 3 is 1.75 bits per heavy atom. The van der Waals surface area contributed by atoms with Crippen molar-refractivity contribution in [2.75, 3.05) is 6.54 Å². The van der Waals surface area contributed by atoms with Gasteiger partial charge in [0.05, 0.1) is 5.92 Å². The molecule has 6 heteroatoms. The summed E-state index contributed by atoms with van der Waals surface area (Å²) in [6.07, 6.45) is 0.211. The van der Waals surface area contributed by atoms with Crippen molar-refractivity contribution in [2.45, 2.75) is 47.1 Å². The van der Waals surface area contributed by atoms with E-state index in [1.165, 1.54) is 11.8 Å². The number of hydrogen-bond acceptors (Lipinski definition) is 3. The lowest BCUT2D eigenvalue weighted by Gasteiger charge is -2.33. The Balaban J connectivity index is 5.27. The van der Waals surface area contributed by atoms with Crippen LogP contribution in [0.25, 0.3) is 0 Å². The maximum absolute atomic E-state index is 12.2. The molecule has 1 amide bonds. The number of carbonyl (C=O) groups excluding carboxylic acids is 1. The first-order valence-corrected chi connectivity index (χ1v) is 6.83. The van der Waals surface area contributed by atoms with Crippen LogP contribution < -0.4 is 0 Å². The maximum Gasteiger partial charge on any atom is 0.326 e. The number of aliphatic carboxylic acids is 2. The van der Waals surface area contributed by atoms with Gasteiger partial charge in [0.2, 0.25) is 5.91 Å². The van der Waals surface area contributed by atoms with Crippen molar-refractivity contribution in [3.8, 4) is 0 Å². The molecule has 0 heterocycles. The second-order valence-electron chi connectivity index (χ2n) is 5.91. The standard InChI is InChI=1S/C14H25NO5/c1-8(2)6-11(16)15(7-10(5)13(17)18)12(9(3)4)14(19)20/h8-10,12H,6-7H2,1-5H3,(H,17,18)(H,19,20). The number of hydrogen-bond donors (Lipinski definition) is 2. The van der Waals surface area contributed by atoms with Gasteiger partial charge >= 0.3 is 11.9 Å². The van der Waals surface area contributed by atoms with Crippen molar-refractivity contribution >= 4 is 17.8 Å². The van der Waals surface area contributed by atoms with Crippen LogP contribution in [0.1, 0.15) is 41.0 Å². The van der Waals surface area contributed by atoms with Gasteiger partial charge in [-0.15, -0.1) is 0 Å². The third kappa shape index (κ3) is 5.59. The highest BCUT2D eigenvalue weighted by atomic mass is 16.4. The molecule has 116 valence electrons. The first-order valence-electron chi connectivity index (χ1n) is 6.83. The number of nitrogens with zero attached hydrogens (tertiary/aromatic N) is 1.